The molecule has 0 spiro atoms. The Hall–Kier alpha value is -0.900. The van der Waals surface area contributed by atoms with E-state index in [2.05, 4.69) is 6.92 Å². The molecule has 0 fully saturated rings. The molecule has 3 N–H and O–H groups in total. The van der Waals surface area contributed by atoms with Crippen LogP contribution in [0.25, 0.3) is 0 Å². The Bertz CT molecular complexity index is 498. The second-order valence-corrected chi connectivity index (χ2v) is 9.48. The SMILES string of the molecule is CCCCCCCCCCCCCCCCCCC(c1ccccc1)C(O)(CO)CO. The Morgan fingerprint density at radius 1 is 0.613 bits per heavy atom. The highest BCUT2D eigenvalue weighted by atomic mass is 16.4. The quantitative estimate of drug-likeness (QED) is 0.180. The molecule has 0 aliphatic heterocycles. The van der Waals surface area contributed by atoms with E-state index in [0.29, 0.717) is 0 Å². The average Bonchev–Trinajstić information content (AvgIpc) is 2.81. The lowest BCUT2D eigenvalue weighted by Gasteiger charge is -2.33. The summed E-state index contributed by atoms with van der Waals surface area (Å²) >= 11 is 0. The van der Waals surface area contributed by atoms with Gasteiger partial charge in [-0.3, -0.25) is 0 Å². The summed E-state index contributed by atoms with van der Waals surface area (Å²) in [4.78, 5) is 0. The molecule has 3 heteroatoms. The fourth-order valence-electron chi connectivity index (χ4n) is 4.60. The van der Waals surface area contributed by atoms with Gasteiger partial charge in [-0.15, -0.1) is 0 Å². The zero-order chi connectivity index (χ0) is 22.6. The molecule has 31 heavy (non-hydrogen) atoms. The predicted octanol–water partition coefficient (Wildman–Crippen LogP) is 7.14. The Labute approximate surface area is 192 Å². The molecule has 1 unspecified atom stereocenters. The average molecular weight is 435 g/mol. The van der Waals surface area contributed by atoms with Crippen LogP contribution in [-0.4, -0.2) is 34.1 Å². The zero-order valence-electron chi connectivity index (χ0n) is 20.2. The number of aliphatic hydroxyl groups excluding tert-OH is 2. The van der Waals surface area contributed by atoms with Crippen molar-refractivity contribution in [3.63, 3.8) is 0 Å². The number of aliphatic hydroxyl groups is 3. The van der Waals surface area contributed by atoms with E-state index in [9.17, 15) is 15.3 Å². The summed E-state index contributed by atoms with van der Waals surface area (Å²) in [5.41, 5.74) is -0.453. The van der Waals surface area contributed by atoms with Crippen LogP contribution in [-0.2, 0) is 0 Å². The van der Waals surface area contributed by atoms with E-state index >= 15 is 0 Å². The van der Waals surface area contributed by atoms with Crippen LogP contribution < -0.4 is 0 Å². The number of benzene rings is 1. The fraction of sp³-hybridized carbons (Fsp3) is 0.786. The van der Waals surface area contributed by atoms with Crippen molar-refractivity contribution in [2.24, 2.45) is 0 Å². The van der Waals surface area contributed by atoms with Gasteiger partial charge in [-0.2, -0.15) is 0 Å². The maximum Gasteiger partial charge on any atom is 0.117 e. The van der Waals surface area contributed by atoms with E-state index in [1.54, 1.807) is 0 Å². The number of hydrogen-bond acceptors (Lipinski definition) is 3. The van der Waals surface area contributed by atoms with Crippen LogP contribution in [0, 0.1) is 0 Å². The molecule has 0 heterocycles. The first-order valence-electron chi connectivity index (χ1n) is 13.2. The Morgan fingerprint density at radius 2 is 1.00 bits per heavy atom. The minimum atomic E-state index is -1.45. The standard InChI is InChI=1S/C28H50O3/c1-2-3-4-5-6-7-8-9-10-11-12-13-14-15-16-20-23-27(28(31,24-29)25-30)26-21-18-17-19-22-26/h17-19,21-22,27,29-31H,2-16,20,23-25H2,1H3. The molecule has 0 bridgehead atoms. The zero-order valence-corrected chi connectivity index (χ0v) is 20.2. The van der Waals surface area contributed by atoms with Crippen molar-refractivity contribution < 1.29 is 15.3 Å². The topological polar surface area (TPSA) is 60.7 Å². The maximum absolute atomic E-state index is 10.7. The van der Waals surface area contributed by atoms with Gasteiger partial charge >= 0.3 is 0 Å². The normalized spacial score (nSPS) is 12.9. The van der Waals surface area contributed by atoms with E-state index in [4.69, 9.17) is 0 Å². The summed E-state index contributed by atoms with van der Waals surface area (Å²) in [6.45, 7) is 1.45. The van der Waals surface area contributed by atoms with Gasteiger partial charge in [0, 0.05) is 5.92 Å². The largest absolute Gasteiger partial charge is 0.393 e. The van der Waals surface area contributed by atoms with Gasteiger partial charge in [0.05, 0.1) is 13.2 Å². The highest BCUT2D eigenvalue weighted by Crippen LogP contribution is 2.33. The molecule has 0 aromatic heterocycles. The molecule has 1 aromatic rings. The van der Waals surface area contributed by atoms with Crippen molar-refractivity contribution in [3.8, 4) is 0 Å². The van der Waals surface area contributed by atoms with Gasteiger partial charge in [0.1, 0.15) is 5.60 Å². The van der Waals surface area contributed by atoms with Crippen LogP contribution in [0.5, 0.6) is 0 Å². The Morgan fingerprint density at radius 3 is 1.39 bits per heavy atom. The molecule has 1 rings (SSSR count). The number of rotatable bonds is 21. The first-order valence-corrected chi connectivity index (χ1v) is 13.2. The molecule has 1 aromatic carbocycles. The Kier molecular flexibility index (Phi) is 16.9. The van der Waals surface area contributed by atoms with Crippen LogP contribution in [0.15, 0.2) is 30.3 Å². The fourth-order valence-corrected chi connectivity index (χ4v) is 4.60. The van der Waals surface area contributed by atoms with Crippen LogP contribution in [0.2, 0.25) is 0 Å². The van der Waals surface area contributed by atoms with E-state index in [1.165, 1.54) is 89.9 Å². The predicted molar refractivity (Wildman–Crippen MR) is 132 cm³/mol. The molecule has 3 nitrogen and oxygen atoms in total. The van der Waals surface area contributed by atoms with Gasteiger partial charge in [-0.1, -0.05) is 140 Å². The van der Waals surface area contributed by atoms with Crippen LogP contribution in [0.3, 0.4) is 0 Å². The summed E-state index contributed by atoms with van der Waals surface area (Å²) in [7, 11) is 0. The molecule has 0 saturated carbocycles. The monoisotopic (exact) mass is 434 g/mol. The smallest absolute Gasteiger partial charge is 0.117 e. The third-order valence-corrected chi connectivity index (χ3v) is 6.74. The second kappa shape index (κ2) is 18.7. The molecule has 0 radical (unpaired) electrons. The second-order valence-electron chi connectivity index (χ2n) is 9.48. The van der Waals surface area contributed by atoms with Crippen molar-refractivity contribution in [1.29, 1.82) is 0 Å². The van der Waals surface area contributed by atoms with Crippen LogP contribution in [0.4, 0.5) is 0 Å². The van der Waals surface area contributed by atoms with Gasteiger partial charge in [0.2, 0.25) is 0 Å². The Balaban J connectivity index is 2.05. The maximum atomic E-state index is 10.7. The summed E-state index contributed by atoms with van der Waals surface area (Å²) < 4.78 is 0. The molecule has 1 atom stereocenters. The number of hydrogen-bond donors (Lipinski definition) is 3. The highest BCUT2D eigenvalue weighted by Gasteiger charge is 2.36. The van der Waals surface area contributed by atoms with Crippen LogP contribution >= 0.6 is 0 Å². The van der Waals surface area contributed by atoms with E-state index in [0.717, 1.165) is 24.8 Å². The molecule has 0 saturated heterocycles. The lowest BCUT2D eigenvalue weighted by molar-refractivity contribution is -0.0762. The van der Waals surface area contributed by atoms with Crippen molar-refractivity contribution in [2.45, 2.75) is 128 Å². The highest BCUT2D eigenvalue weighted by molar-refractivity contribution is 5.23. The van der Waals surface area contributed by atoms with E-state index in [1.807, 2.05) is 30.3 Å². The molecule has 0 aliphatic carbocycles. The van der Waals surface area contributed by atoms with E-state index < -0.39 is 18.8 Å². The van der Waals surface area contributed by atoms with Crippen molar-refractivity contribution in [1.82, 2.24) is 0 Å². The lowest BCUT2D eigenvalue weighted by atomic mass is 9.79. The molecule has 0 amide bonds. The summed E-state index contributed by atoms with van der Waals surface area (Å²) in [5.74, 6) is -0.227. The van der Waals surface area contributed by atoms with Crippen molar-refractivity contribution in [3.05, 3.63) is 35.9 Å². The van der Waals surface area contributed by atoms with Gasteiger partial charge < -0.3 is 15.3 Å². The van der Waals surface area contributed by atoms with Crippen LogP contribution in [0.1, 0.15) is 128 Å². The van der Waals surface area contributed by atoms with Gasteiger partial charge in [-0.05, 0) is 12.0 Å². The lowest BCUT2D eigenvalue weighted by Crippen LogP contribution is -2.44. The third-order valence-electron chi connectivity index (χ3n) is 6.74. The van der Waals surface area contributed by atoms with Gasteiger partial charge in [0.25, 0.3) is 0 Å². The van der Waals surface area contributed by atoms with Crippen molar-refractivity contribution in [2.75, 3.05) is 13.2 Å². The first kappa shape index (κ1) is 28.1. The molecular formula is C28H50O3. The van der Waals surface area contributed by atoms with E-state index in [-0.39, 0.29) is 5.92 Å². The van der Waals surface area contributed by atoms with Crippen molar-refractivity contribution >= 4 is 0 Å². The first-order chi connectivity index (χ1) is 15.2. The third kappa shape index (κ3) is 12.7. The molecular weight excluding hydrogens is 384 g/mol. The summed E-state index contributed by atoms with van der Waals surface area (Å²) in [6, 6.07) is 9.81. The summed E-state index contributed by atoms with van der Waals surface area (Å²) in [6.07, 6.45) is 22.2. The minimum absolute atomic E-state index is 0.227. The van der Waals surface area contributed by atoms with Gasteiger partial charge in [-0.25, -0.2) is 0 Å². The van der Waals surface area contributed by atoms with Gasteiger partial charge in [0.15, 0.2) is 0 Å². The summed E-state index contributed by atoms with van der Waals surface area (Å²) in [5, 5.41) is 30.0. The minimum Gasteiger partial charge on any atom is -0.393 e. The molecule has 180 valence electrons. The molecule has 0 aliphatic rings. The number of unbranched alkanes of at least 4 members (excludes halogenated alkanes) is 15.